The average molecular weight is 502 g/mol. The van der Waals surface area contributed by atoms with Crippen LogP contribution in [0.3, 0.4) is 0 Å². The molecule has 192 valence electrons. The third-order valence-corrected chi connectivity index (χ3v) is 7.14. The van der Waals surface area contributed by atoms with Crippen molar-refractivity contribution in [3.63, 3.8) is 0 Å². The predicted octanol–water partition coefficient (Wildman–Crippen LogP) is 5.53. The van der Waals surface area contributed by atoms with Crippen molar-refractivity contribution in [2.75, 3.05) is 7.11 Å². The molecule has 1 fully saturated rings. The molecule has 7 heteroatoms. The van der Waals surface area contributed by atoms with E-state index in [9.17, 15) is 14.7 Å². The Morgan fingerprint density at radius 1 is 0.946 bits per heavy atom. The SMILES string of the molecule is COc1ccc2c(c1Oc1ccccc1)C[C@H](C(=O)O)N(C(=O)[C@H](OC1CCCC1)c1ccccc1)C2. The maximum atomic E-state index is 14.0. The lowest BCUT2D eigenvalue weighted by Gasteiger charge is -2.37. The third kappa shape index (κ3) is 5.32. The van der Waals surface area contributed by atoms with Crippen LogP contribution in [-0.2, 0) is 27.3 Å². The van der Waals surface area contributed by atoms with Gasteiger partial charge in [0.2, 0.25) is 0 Å². The number of ether oxygens (including phenoxy) is 3. The van der Waals surface area contributed by atoms with Gasteiger partial charge in [0.1, 0.15) is 11.8 Å². The van der Waals surface area contributed by atoms with Crippen molar-refractivity contribution in [2.45, 2.75) is 56.9 Å². The number of benzene rings is 3. The summed E-state index contributed by atoms with van der Waals surface area (Å²) in [6.45, 7) is 0.137. The molecule has 7 nitrogen and oxygen atoms in total. The second-order valence-electron chi connectivity index (χ2n) is 9.51. The minimum atomic E-state index is -1.07. The van der Waals surface area contributed by atoms with Gasteiger partial charge in [-0.05, 0) is 42.2 Å². The molecule has 0 aromatic heterocycles. The molecule has 0 saturated heterocycles. The van der Waals surface area contributed by atoms with Crippen LogP contribution in [0.25, 0.3) is 0 Å². The Morgan fingerprint density at radius 3 is 2.27 bits per heavy atom. The second kappa shape index (κ2) is 11.0. The molecule has 1 saturated carbocycles. The summed E-state index contributed by atoms with van der Waals surface area (Å²) in [6, 6.07) is 21.2. The van der Waals surface area contributed by atoms with E-state index in [4.69, 9.17) is 14.2 Å². The summed E-state index contributed by atoms with van der Waals surface area (Å²) in [7, 11) is 1.55. The van der Waals surface area contributed by atoms with Gasteiger partial charge in [0.15, 0.2) is 17.6 Å². The van der Waals surface area contributed by atoms with Crippen LogP contribution < -0.4 is 9.47 Å². The van der Waals surface area contributed by atoms with E-state index >= 15 is 0 Å². The standard InChI is InChI=1S/C30H31NO6/c1-35-26-17-16-21-19-31(25(30(33)34)18-24(21)28(26)37-23-12-6-3-7-13-23)29(32)27(20-10-4-2-5-11-20)36-22-14-8-9-15-22/h2-7,10-13,16-17,22,25,27H,8-9,14-15,18-19H2,1H3,(H,33,34)/t25-,27-/m1/s1. The highest BCUT2D eigenvalue weighted by Crippen LogP contribution is 2.41. The fourth-order valence-corrected chi connectivity index (χ4v) is 5.22. The molecule has 0 unspecified atom stereocenters. The number of carbonyl (C=O) groups excluding carboxylic acids is 1. The molecule has 1 heterocycles. The van der Waals surface area contributed by atoms with Crippen LogP contribution in [0, 0.1) is 0 Å². The predicted molar refractivity (Wildman–Crippen MR) is 138 cm³/mol. The lowest BCUT2D eigenvalue weighted by atomic mass is 9.91. The molecule has 37 heavy (non-hydrogen) atoms. The van der Waals surface area contributed by atoms with Crippen LogP contribution in [0.4, 0.5) is 0 Å². The van der Waals surface area contributed by atoms with Gasteiger partial charge in [-0.15, -0.1) is 0 Å². The summed E-state index contributed by atoms with van der Waals surface area (Å²) in [5, 5.41) is 10.2. The van der Waals surface area contributed by atoms with Gasteiger partial charge in [-0.3, -0.25) is 4.79 Å². The minimum Gasteiger partial charge on any atom is -0.493 e. The van der Waals surface area contributed by atoms with Crippen LogP contribution in [0.5, 0.6) is 17.2 Å². The van der Waals surface area contributed by atoms with Crippen LogP contribution in [-0.4, -0.2) is 41.1 Å². The van der Waals surface area contributed by atoms with E-state index in [0.717, 1.165) is 42.4 Å². The van der Waals surface area contributed by atoms with Crippen molar-refractivity contribution in [3.05, 3.63) is 89.5 Å². The van der Waals surface area contributed by atoms with E-state index in [1.807, 2.05) is 66.7 Å². The molecular weight excluding hydrogens is 470 g/mol. The smallest absolute Gasteiger partial charge is 0.326 e. The summed E-state index contributed by atoms with van der Waals surface area (Å²) in [5.74, 6) is 0.205. The maximum absolute atomic E-state index is 14.0. The second-order valence-corrected chi connectivity index (χ2v) is 9.51. The number of methoxy groups -OCH3 is 1. The zero-order valence-corrected chi connectivity index (χ0v) is 20.8. The zero-order valence-electron chi connectivity index (χ0n) is 20.8. The Morgan fingerprint density at radius 2 is 1.62 bits per heavy atom. The lowest BCUT2D eigenvalue weighted by molar-refractivity contribution is -0.160. The van der Waals surface area contributed by atoms with Gasteiger partial charge in [0, 0.05) is 18.5 Å². The molecular formula is C30H31NO6. The largest absolute Gasteiger partial charge is 0.493 e. The molecule has 2 atom stereocenters. The van der Waals surface area contributed by atoms with Crippen LogP contribution >= 0.6 is 0 Å². The lowest BCUT2D eigenvalue weighted by Crippen LogP contribution is -2.50. The van der Waals surface area contributed by atoms with E-state index in [0.29, 0.717) is 17.2 Å². The number of hydrogen-bond donors (Lipinski definition) is 1. The van der Waals surface area contributed by atoms with Crippen LogP contribution in [0.15, 0.2) is 72.8 Å². The van der Waals surface area contributed by atoms with Gasteiger partial charge >= 0.3 is 5.97 Å². The van der Waals surface area contributed by atoms with Crippen molar-refractivity contribution in [1.82, 2.24) is 4.90 Å². The monoisotopic (exact) mass is 501 g/mol. The van der Waals surface area contributed by atoms with Gasteiger partial charge in [-0.1, -0.05) is 67.4 Å². The number of fused-ring (bicyclic) bond motifs is 1. The Bertz CT molecular complexity index is 1240. The molecule has 1 aliphatic heterocycles. The Hall–Kier alpha value is -3.84. The highest BCUT2D eigenvalue weighted by Gasteiger charge is 2.41. The van der Waals surface area contributed by atoms with Crippen LogP contribution in [0.2, 0.25) is 0 Å². The Labute approximate surface area is 216 Å². The normalized spacial score (nSPS) is 18.2. The molecule has 5 rings (SSSR count). The van der Waals surface area contributed by atoms with E-state index in [1.54, 1.807) is 13.2 Å². The van der Waals surface area contributed by atoms with E-state index in [-0.39, 0.29) is 25.0 Å². The summed E-state index contributed by atoms with van der Waals surface area (Å²) in [6.07, 6.45) is 3.18. The zero-order chi connectivity index (χ0) is 25.8. The number of amides is 1. The molecule has 0 bridgehead atoms. The van der Waals surface area contributed by atoms with Gasteiger partial charge in [-0.2, -0.15) is 0 Å². The first kappa shape index (κ1) is 24.8. The van der Waals surface area contributed by atoms with Gasteiger partial charge in [0.05, 0.1) is 13.2 Å². The van der Waals surface area contributed by atoms with Crippen molar-refractivity contribution in [3.8, 4) is 17.2 Å². The summed E-state index contributed by atoms with van der Waals surface area (Å²) < 4.78 is 18.1. The molecule has 3 aromatic rings. The number of hydrogen-bond acceptors (Lipinski definition) is 5. The fourth-order valence-electron chi connectivity index (χ4n) is 5.22. The van der Waals surface area contributed by atoms with Crippen molar-refractivity contribution in [2.24, 2.45) is 0 Å². The first-order valence-corrected chi connectivity index (χ1v) is 12.7. The molecule has 1 amide bonds. The fraction of sp³-hybridized carbons (Fsp3) is 0.333. The number of carboxylic acids is 1. The summed E-state index contributed by atoms with van der Waals surface area (Å²) >= 11 is 0. The van der Waals surface area contributed by atoms with Gasteiger partial charge in [-0.25, -0.2) is 4.79 Å². The minimum absolute atomic E-state index is 0.00959. The molecule has 1 aliphatic carbocycles. The highest BCUT2D eigenvalue weighted by molar-refractivity contribution is 5.88. The highest BCUT2D eigenvalue weighted by atomic mass is 16.5. The molecule has 3 aromatic carbocycles. The molecule has 1 N–H and O–H groups in total. The summed E-state index contributed by atoms with van der Waals surface area (Å²) in [5.41, 5.74) is 2.29. The Kier molecular flexibility index (Phi) is 7.42. The molecule has 0 radical (unpaired) electrons. The number of carbonyl (C=O) groups is 2. The average Bonchev–Trinajstić information content (AvgIpc) is 3.45. The third-order valence-electron chi connectivity index (χ3n) is 7.14. The topological polar surface area (TPSA) is 85.3 Å². The molecule has 0 spiro atoms. The van der Waals surface area contributed by atoms with Crippen molar-refractivity contribution >= 4 is 11.9 Å². The number of aliphatic carboxylic acids is 1. The number of nitrogens with zero attached hydrogens (tertiary/aromatic N) is 1. The van der Waals surface area contributed by atoms with Crippen LogP contribution in [0.1, 0.15) is 48.5 Å². The number of para-hydroxylation sites is 1. The Balaban J connectivity index is 1.50. The first-order valence-electron chi connectivity index (χ1n) is 12.7. The summed E-state index contributed by atoms with van der Waals surface area (Å²) in [4.78, 5) is 27.9. The number of carboxylic acid groups (broad SMARTS) is 1. The molecule has 2 aliphatic rings. The van der Waals surface area contributed by atoms with Crippen molar-refractivity contribution < 1.29 is 28.9 Å². The van der Waals surface area contributed by atoms with Gasteiger partial charge < -0.3 is 24.2 Å². The van der Waals surface area contributed by atoms with E-state index in [1.165, 1.54) is 4.90 Å². The van der Waals surface area contributed by atoms with E-state index < -0.39 is 18.1 Å². The van der Waals surface area contributed by atoms with E-state index in [2.05, 4.69) is 0 Å². The number of rotatable bonds is 8. The first-order chi connectivity index (χ1) is 18.0. The van der Waals surface area contributed by atoms with Crippen molar-refractivity contribution in [1.29, 1.82) is 0 Å². The maximum Gasteiger partial charge on any atom is 0.326 e. The quantitative estimate of drug-likeness (QED) is 0.437. The van der Waals surface area contributed by atoms with Gasteiger partial charge in [0.25, 0.3) is 5.91 Å².